The molecule has 2 amide bonds. The van der Waals surface area contributed by atoms with E-state index >= 15 is 0 Å². The number of hydrogen-bond donors (Lipinski definition) is 3. The zero-order chi connectivity index (χ0) is 16.4. The molecule has 1 aliphatic rings. The Kier molecular flexibility index (Phi) is 4.24. The maximum absolute atomic E-state index is 11.7. The van der Waals surface area contributed by atoms with Crippen LogP contribution in [0.3, 0.4) is 0 Å². The van der Waals surface area contributed by atoms with Gasteiger partial charge < -0.3 is 16.0 Å². The van der Waals surface area contributed by atoms with E-state index in [9.17, 15) is 4.79 Å². The number of hydrogen-bond acceptors (Lipinski definition) is 2. The van der Waals surface area contributed by atoms with E-state index in [0.29, 0.717) is 6.04 Å². The predicted octanol–water partition coefficient (Wildman–Crippen LogP) is 4.64. The molecule has 4 heteroatoms. The third-order valence-corrected chi connectivity index (χ3v) is 4.00. The highest BCUT2D eigenvalue weighted by atomic mass is 16.2. The van der Waals surface area contributed by atoms with Crippen LogP contribution in [0.1, 0.15) is 29.5 Å². The molecule has 0 bridgehead atoms. The van der Waals surface area contributed by atoms with Crippen LogP contribution in [0.5, 0.6) is 0 Å². The van der Waals surface area contributed by atoms with Gasteiger partial charge in [-0.3, -0.25) is 0 Å². The van der Waals surface area contributed by atoms with E-state index < -0.39 is 0 Å². The van der Waals surface area contributed by atoms with E-state index in [0.717, 1.165) is 29.9 Å². The number of benzene rings is 2. The molecule has 0 aromatic heterocycles. The SMILES string of the molecule is Cc1cc(C)c(Nc2ccc(NC(=O)NC3CC3)cc2)c(C)c1. The minimum absolute atomic E-state index is 0.126. The van der Waals surface area contributed by atoms with Crippen LogP contribution in [0.25, 0.3) is 0 Å². The molecule has 0 unspecified atom stereocenters. The smallest absolute Gasteiger partial charge is 0.319 e. The average Bonchev–Trinajstić information content (AvgIpc) is 3.28. The number of anilines is 3. The minimum atomic E-state index is -0.126. The number of aryl methyl sites for hydroxylation is 3. The van der Waals surface area contributed by atoms with Gasteiger partial charge in [-0.05, 0) is 69.0 Å². The highest BCUT2D eigenvalue weighted by Crippen LogP contribution is 2.26. The minimum Gasteiger partial charge on any atom is -0.355 e. The first-order chi connectivity index (χ1) is 11.0. The van der Waals surface area contributed by atoms with Crippen LogP contribution in [0.15, 0.2) is 36.4 Å². The lowest BCUT2D eigenvalue weighted by atomic mass is 10.0. The van der Waals surface area contributed by atoms with Crippen LogP contribution < -0.4 is 16.0 Å². The van der Waals surface area contributed by atoms with Crippen molar-refractivity contribution in [3.8, 4) is 0 Å². The van der Waals surface area contributed by atoms with Gasteiger partial charge in [0.2, 0.25) is 0 Å². The van der Waals surface area contributed by atoms with Crippen LogP contribution in [0.4, 0.5) is 21.9 Å². The molecule has 1 aliphatic carbocycles. The van der Waals surface area contributed by atoms with E-state index in [4.69, 9.17) is 0 Å². The van der Waals surface area contributed by atoms with Gasteiger partial charge in [-0.1, -0.05) is 17.7 Å². The fraction of sp³-hybridized carbons (Fsp3) is 0.316. The third-order valence-electron chi connectivity index (χ3n) is 4.00. The van der Waals surface area contributed by atoms with Gasteiger partial charge in [-0.15, -0.1) is 0 Å². The first-order valence-corrected chi connectivity index (χ1v) is 8.04. The first-order valence-electron chi connectivity index (χ1n) is 8.04. The summed E-state index contributed by atoms with van der Waals surface area (Å²) in [5.74, 6) is 0. The Morgan fingerprint density at radius 2 is 1.52 bits per heavy atom. The van der Waals surface area contributed by atoms with Gasteiger partial charge in [0.05, 0.1) is 0 Å². The lowest BCUT2D eigenvalue weighted by Crippen LogP contribution is -2.30. The lowest BCUT2D eigenvalue weighted by molar-refractivity contribution is 0.251. The normalized spacial score (nSPS) is 13.5. The van der Waals surface area contributed by atoms with Gasteiger partial charge in [0.15, 0.2) is 0 Å². The van der Waals surface area contributed by atoms with Gasteiger partial charge in [0.25, 0.3) is 0 Å². The topological polar surface area (TPSA) is 53.2 Å². The number of carbonyl (C=O) groups excluding carboxylic acids is 1. The molecule has 1 saturated carbocycles. The summed E-state index contributed by atoms with van der Waals surface area (Å²) >= 11 is 0. The Labute approximate surface area is 137 Å². The number of carbonyl (C=O) groups is 1. The van der Waals surface area contributed by atoms with Crippen molar-refractivity contribution in [2.24, 2.45) is 0 Å². The molecule has 0 aliphatic heterocycles. The highest BCUT2D eigenvalue weighted by molar-refractivity contribution is 5.89. The molecule has 0 spiro atoms. The Hall–Kier alpha value is -2.49. The summed E-state index contributed by atoms with van der Waals surface area (Å²) in [5, 5.41) is 9.23. The molecule has 120 valence electrons. The van der Waals surface area contributed by atoms with Gasteiger partial charge >= 0.3 is 6.03 Å². The molecule has 4 nitrogen and oxygen atoms in total. The molecule has 0 radical (unpaired) electrons. The molecule has 1 fully saturated rings. The second-order valence-electron chi connectivity index (χ2n) is 6.35. The summed E-state index contributed by atoms with van der Waals surface area (Å²) in [7, 11) is 0. The molecule has 2 aromatic carbocycles. The maximum Gasteiger partial charge on any atom is 0.319 e. The standard InChI is InChI=1S/C19H23N3O/c1-12-10-13(2)18(14(3)11-12)20-15-4-6-16(7-5-15)21-19(23)22-17-8-9-17/h4-7,10-11,17,20H,8-9H2,1-3H3,(H2,21,22,23). The summed E-state index contributed by atoms with van der Waals surface area (Å²) in [6, 6.07) is 12.4. The van der Waals surface area contributed by atoms with Crippen molar-refractivity contribution in [1.82, 2.24) is 5.32 Å². The van der Waals surface area contributed by atoms with Crippen molar-refractivity contribution in [1.29, 1.82) is 0 Å². The molecule has 2 aromatic rings. The van der Waals surface area contributed by atoms with E-state index in [1.54, 1.807) is 0 Å². The van der Waals surface area contributed by atoms with Crippen molar-refractivity contribution in [3.05, 3.63) is 53.1 Å². The molecule has 3 rings (SSSR count). The average molecular weight is 309 g/mol. The summed E-state index contributed by atoms with van der Waals surface area (Å²) < 4.78 is 0. The number of amides is 2. The summed E-state index contributed by atoms with van der Waals surface area (Å²) in [4.78, 5) is 11.7. The van der Waals surface area contributed by atoms with Crippen LogP contribution in [-0.2, 0) is 0 Å². The number of rotatable bonds is 4. The lowest BCUT2D eigenvalue weighted by Gasteiger charge is -2.14. The first kappa shape index (κ1) is 15.4. The van der Waals surface area contributed by atoms with Gasteiger partial charge in [0.1, 0.15) is 0 Å². The van der Waals surface area contributed by atoms with Crippen molar-refractivity contribution in [2.75, 3.05) is 10.6 Å². The fourth-order valence-corrected chi connectivity index (χ4v) is 2.74. The van der Waals surface area contributed by atoms with Gasteiger partial charge in [-0.2, -0.15) is 0 Å². The largest absolute Gasteiger partial charge is 0.355 e. The van der Waals surface area contributed by atoms with Crippen LogP contribution >= 0.6 is 0 Å². The quantitative estimate of drug-likeness (QED) is 0.770. The van der Waals surface area contributed by atoms with Gasteiger partial charge in [-0.25, -0.2) is 4.79 Å². The van der Waals surface area contributed by atoms with Crippen molar-refractivity contribution in [3.63, 3.8) is 0 Å². The molecule has 23 heavy (non-hydrogen) atoms. The highest BCUT2D eigenvalue weighted by Gasteiger charge is 2.23. The van der Waals surface area contributed by atoms with E-state index in [-0.39, 0.29) is 6.03 Å². The van der Waals surface area contributed by atoms with Gasteiger partial charge in [0, 0.05) is 23.1 Å². The summed E-state index contributed by atoms with van der Waals surface area (Å²) in [6.45, 7) is 6.33. The summed E-state index contributed by atoms with van der Waals surface area (Å²) in [5.41, 5.74) is 6.68. The van der Waals surface area contributed by atoms with E-state index in [2.05, 4.69) is 48.9 Å². The Bertz CT molecular complexity index is 695. The van der Waals surface area contributed by atoms with Crippen LogP contribution in [-0.4, -0.2) is 12.1 Å². The Morgan fingerprint density at radius 3 is 2.09 bits per heavy atom. The number of urea groups is 1. The Morgan fingerprint density at radius 1 is 0.957 bits per heavy atom. The molecular weight excluding hydrogens is 286 g/mol. The molecule has 3 N–H and O–H groups in total. The predicted molar refractivity (Wildman–Crippen MR) is 95.6 cm³/mol. The zero-order valence-electron chi connectivity index (χ0n) is 13.9. The maximum atomic E-state index is 11.7. The Balaban J connectivity index is 1.66. The van der Waals surface area contributed by atoms with Crippen molar-refractivity contribution < 1.29 is 4.79 Å². The summed E-state index contributed by atoms with van der Waals surface area (Å²) in [6.07, 6.45) is 2.18. The molecule has 0 saturated heterocycles. The van der Waals surface area contributed by atoms with Crippen LogP contribution in [0, 0.1) is 20.8 Å². The monoisotopic (exact) mass is 309 g/mol. The number of nitrogens with one attached hydrogen (secondary N) is 3. The molecule has 0 atom stereocenters. The van der Waals surface area contributed by atoms with E-state index in [1.807, 2.05) is 24.3 Å². The second-order valence-corrected chi connectivity index (χ2v) is 6.35. The molecule has 0 heterocycles. The van der Waals surface area contributed by atoms with Crippen molar-refractivity contribution >= 4 is 23.1 Å². The fourth-order valence-electron chi connectivity index (χ4n) is 2.74. The third kappa shape index (κ3) is 4.03. The molecular formula is C19H23N3O. The second kappa shape index (κ2) is 6.32. The van der Waals surface area contributed by atoms with Crippen LogP contribution in [0.2, 0.25) is 0 Å². The van der Waals surface area contributed by atoms with Crippen molar-refractivity contribution in [2.45, 2.75) is 39.7 Å². The zero-order valence-corrected chi connectivity index (χ0v) is 13.9. The van der Waals surface area contributed by atoms with E-state index in [1.165, 1.54) is 16.7 Å².